The van der Waals surface area contributed by atoms with Crippen molar-refractivity contribution < 1.29 is 14.3 Å². The molecule has 1 aromatic carbocycles. The normalized spacial score (nSPS) is 14.3. The predicted molar refractivity (Wildman–Crippen MR) is 84.4 cm³/mol. The summed E-state index contributed by atoms with van der Waals surface area (Å²) in [5.74, 6) is 1.95. The Kier molecular flexibility index (Phi) is 5.47. The lowest BCUT2D eigenvalue weighted by Gasteiger charge is -2.16. The summed E-state index contributed by atoms with van der Waals surface area (Å²) in [4.78, 5) is 11.9. The second-order valence-corrected chi connectivity index (χ2v) is 6.39. The quantitative estimate of drug-likeness (QED) is 0.821. The van der Waals surface area contributed by atoms with Gasteiger partial charge in [-0.05, 0) is 30.5 Å². The third-order valence-corrected chi connectivity index (χ3v) is 3.96. The Hall–Kier alpha value is -1.27. The molecule has 21 heavy (non-hydrogen) atoms. The summed E-state index contributed by atoms with van der Waals surface area (Å²) in [6, 6.07) is 3.57. The fraction of sp³-hybridized carbons (Fsp3) is 0.533. The number of ether oxygens (including phenoxy) is 2. The van der Waals surface area contributed by atoms with Crippen LogP contribution in [-0.4, -0.2) is 25.3 Å². The number of hydrogen-bond donors (Lipinski definition) is 2. The van der Waals surface area contributed by atoms with Crippen LogP contribution in [0, 0.1) is 5.92 Å². The second kappa shape index (κ2) is 7.13. The lowest BCUT2D eigenvalue weighted by atomic mass is 10.2. The molecule has 2 rings (SSSR count). The van der Waals surface area contributed by atoms with Crippen LogP contribution in [0.4, 0.5) is 0 Å². The molecular formula is C15H21BrN2O3. The van der Waals surface area contributed by atoms with Crippen molar-refractivity contribution in [3.05, 3.63) is 22.2 Å². The third kappa shape index (κ3) is 4.35. The van der Waals surface area contributed by atoms with Crippen molar-refractivity contribution in [2.24, 2.45) is 5.92 Å². The van der Waals surface area contributed by atoms with Gasteiger partial charge in [0.1, 0.15) is 0 Å². The summed E-state index contributed by atoms with van der Waals surface area (Å²) in [6.07, 6.45) is 0. The largest absolute Gasteiger partial charge is 0.454 e. The predicted octanol–water partition coefficient (Wildman–Crippen LogP) is 2.43. The van der Waals surface area contributed by atoms with Crippen LogP contribution >= 0.6 is 15.9 Å². The molecule has 6 heteroatoms. The number of amides is 1. The molecule has 1 atom stereocenters. The van der Waals surface area contributed by atoms with Gasteiger partial charge < -0.3 is 20.1 Å². The zero-order chi connectivity index (χ0) is 15.4. The van der Waals surface area contributed by atoms with Crippen molar-refractivity contribution in [1.82, 2.24) is 10.6 Å². The molecular weight excluding hydrogens is 336 g/mol. The Morgan fingerprint density at radius 1 is 1.29 bits per heavy atom. The smallest absolute Gasteiger partial charge is 0.236 e. The number of fused-ring (bicyclic) bond motifs is 1. The average Bonchev–Trinajstić information content (AvgIpc) is 2.88. The maximum atomic E-state index is 11.9. The Morgan fingerprint density at radius 2 is 1.95 bits per heavy atom. The van der Waals surface area contributed by atoms with E-state index in [4.69, 9.17) is 9.47 Å². The van der Waals surface area contributed by atoms with E-state index in [0.717, 1.165) is 21.5 Å². The summed E-state index contributed by atoms with van der Waals surface area (Å²) >= 11 is 3.51. The number of benzene rings is 1. The van der Waals surface area contributed by atoms with E-state index in [-0.39, 0.29) is 18.7 Å². The van der Waals surface area contributed by atoms with Crippen molar-refractivity contribution in [2.75, 3.05) is 13.3 Å². The van der Waals surface area contributed by atoms with Crippen LogP contribution in [0.5, 0.6) is 11.5 Å². The highest BCUT2D eigenvalue weighted by Crippen LogP contribution is 2.36. The Labute approximate surface area is 133 Å². The Balaban J connectivity index is 1.89. The van der Waals surface area contributed by atoms with Crippen LogP contribution < -0.4 is 20.1 Å². The van der Waals surface area contributed by atoms with Crippen molar-refractivity contribution in [3.63, 3.8) is 0 Å². The van der Waals surface area contributed by atoms with E-state index < -0.39 is 0 Å². The number of halogens is 1. The molecule has 1 amide bonds. The zero-order valence-electron chi connectivity index (χ0n) is 12.5. The summed E-state index contributed by atoms with van der Waals surface area (Å²) in [6.45, 7) is 7.53. The molecule has 1 unspecified atom stereocenters. The van der Waals surface area contributed by atoms with E-state index in [2.05, 4.69) is 40.4 Å². The highest BCUT2D eigenvalue weighted by molar-refractivity contribution is 9.10. The number of hydrogen-bond acceptors (Lipinski definition) is 4. The van der Waals surface area contributed by atoms with Crippen LogP contribution in [-0.2, 0) is 11.3 Å². The molecule has 5 nitrogen and oxygen atoms in total. The van der Waals surface area contributed by atoms with Crippen LogP contribution in [0.1, 0.15) is 26.3 Å². The highest BCUT2D eigenvalue weighted by Gasteiger charge is 2.17. The fourth-order valence-electron chi connectivity index (χ4n) is 1.91. The minimum absolute atomic E-state index is 0.0144. The first-order valence-electron chi connectivity index (χ1n) is 7.06. The lowest BCUT2D eigenvalue weighted by Crippen LogP contribution is -2.43. The van der Waals surface area contributed by atoms with Gasteiger partial charge in [-0.3, -0.25) is 4.79 Å². The molecule has 1 aliphatic rings. The topological polar surface area (TPSA) is 59.6 Å². The SMILES string of the molecule is CC(C)CNC(=O)C(C)NCc1cc2c(cc1Br)OCO2. The summed E-state index contributed by atoms with van der Waals surface area (Å²) in [5, 5.41) is 6.13. The monoisotopic (exact) mass is 356 g/mol. The summed E-state index contributed by atoms with van der Waals surface area (Å²) in [5.41, 5.74) is 1.03. The molecule has 1 aromatic rings. The maximum absolute atomic E-state index is 11.9. The number of rotatable bonds is 6. The number of nitrogens with one attached hydrogen (secondary N) is 2. The number of carbonyl (C=O) groups is 1. The van der Waals surface area contributed by atoms with Gasteiger partial charge in [0.15, 0.2) is 11.5 Å². The van der Waals surface area contributed by atoms with E-state index in [1.165, 1.54) is 0 Å². The molecule has 1 aliphatic heterocycles. The fourth-order valence-corrected chi connectivity index (χ4v) is 2.37. The van der Waals surface area contributed by atoms with Crippen molar-refractivity contribution in [1.29, 1.82) is 0 Å². The van der Waals surface area contributed by atoms with E-state index in [1.807, 2.05) is 19.1 Å². The Morgan fingerprint density at radius 3 is 2.62 bits per heavy atom. The maximum Gasteiger partial charge on any atom is 0.236 e. The molecule has 0 aliphatic carbocycles. The average molecular weight is 357 g/mol. The van der Waals surface area contributed by atoms with Gasteiger partial charge in [-0.25, -0.2) is 0 Å². The molecule has 0 saturated heterocycles. The minimum Gasteiger partial charge on any atom is -0.454 e. The van der Waals surface area contributed by atoms with Gasteiger partial charge in [0.25, 0.3) is 0 Å². The zero-order valence-corrected chi connectivity index (χ0v) is 14.1. The van der Waals surface area contributed by atoms with Gasteiger partial charge in [0, 0.05) is 17.6 Å². The Bertz CT molecular complexity index is 520. The molecule has 0 radical (unpaired) electrons. The third-order valence-electron chi connectivity index (χ3n) is 3.22. The summed E-state index contributed by atoms with van der Waals surface area (Å²) in [7, 11) is 0. The van der Waals surface area contributed by atoms with E-state index in [9.17, 15) is 4.79 Å². The molecule has 0 saturated carbocycles. The van der Waals surface area contributed by atoms with E-state index in [0.29, 0.717) is 19.0 Å². The van der Waals surface area contributed by atoms with Crippen LogP contribution in [0.2, 0.25) is 0 Å². The highest BCUT2D eigenvalue weighted by atomic mass is 79.9. The molecule has 0 fully saturated rings. The minimum atomic E-state index is -0.249. The lowest BCUT2D eigenvalue weighted by molar-refractivity contribution is -0.122. The standard InChI is InChI=1S/C15H21BrN2O3/c1-9(2)6-18-15(19)10(3)17-7-11-4-13-14(5-12(11)16)21-8-20-13/h4-5,9-10,17H,6-8H2,1-3H3,(H,18,19). The molecule has 0 bridgehead atoms. The first kappa shape index (κ1) is 16.1. The second-order valence-electron chi connectivity index (χ2n) is 5.54. The molecule has 116 valence electrons. The van der Waals surface area contributed by atoms with Crippen molar-refractivity contribution in [3.8, 4) is 11.5 Å². The molecule has 0 aromatic heterocycles. The van der Waals surface area contributed by atoms with Gasteiger partial charge >= 0.3 is 0 Å². The summed E-state index contributed by atoms with van der Waals surface area (Å²) < 4.78 is 11.6. The van der Waals surface area contributed by atoms with E-state index in [1.54, 1.807) is 0 Å². The van der Waals surface area contributed by atoms with Gasteiger partial charge in [-0.15, -0.1) is 0 Å². The van der Waals surface area contributed by atoms with Crippen LogP contribution in [0.3, 0.4) is 0 Å². The van der Waals surface area contributed by atoms with Crippen LogP contribution in [0.15, 0.2) is 16.6 Å². The van der Waals surface area contributed by atoms with Gasteiger partial charge in [0.2, 0.25) is 12.7 Å². The molecule has 1 heterocycles. The van der Waals surface area contributed by atoms with Crippen molar-refractivity contribution in [2.45, 2.75) is 33.4 Å². The van der Waals surface area contributed by atoms with Crippen molar-refractivity contribution >= 4 is 21.8 Å². The van der Waals surface area contributed by atoms with Crippen LogP contribution in [0.25, 0.3) is 0 Å². The first-order valence-corrected chi connectivity index (χ1v) is 7.85. The first-order chi connectivity index (χ1) is 9.97. The molecule has 0 spiro atoms. The van der Waals surface area contributed by atoms with E-state index >= 15 is 0 Å². The molecule has 2 N–H and O–H groups in total. The van der Waals surface area contributed by atoms with Gasteiger partial charge in [0.05, 0.1) is 6.04 Å². The van der Waals surface area contributed by atoms with Gasteiger partial charge in [-0.2, -0.15) is 0 Å². The number of carbonyl (C=O) groups excluding carboxylic acids is 1. The van der Waals surface area contributed by atoms with Gasteiger partial charge in [-0.1, -0.05) is 29.8 Å².